The predicted octanol–water partition coefficient (Wildman–Crippen LogP) is 3.57. The molecule has 0 saturated carbocycles. The molecule has 2 nitrogen and oxygen atoms in total. The topological polar surface area (TPSA) is 33.0 Å². The predicted molar refractivity (Wildman–Crippen MR) is 51.8 cm³/mol. The maximum atomic E-state index is 12.1. The Labute approximate surface area is 104 Å². The monoisotopic (exact) mass is 283 g/mol. The third kappa shape index (κ3) is 4.44. The lowest BCUT2D eigenvalue weighted by molar-refractivity contribution is -0.324. The van der Waals surface area contributed by atoms with Crippen LogP contribution in [0.3, 0.4) is 0 Å². The summed E-state index contributed by atoms with van der Waals surface area (Å²) >= 11 is 0. The summed E-state index contributed by atoms with van der Waals surface area (Å²) in [5.41, 5.74) is 0.351. The van der Waals surface area contributed by atoms with Crippen LogP contribution in [-0.4, -0.2) is 18.5 Å². The van der Waals surface area contributed by atoms with Crippen LogP contribution < -0.4 is 0 Å². The molecule has 0 aromatic heterocycles. The van der Waals surface area contributed by atoms with E-state index in [0.717, 1.165) is 0 Å². The van der Waals surface area contributed by atoms with E-state index in [9.17, 15) is 26.3 Å². The summed E-state index contributed by atoms with van der Waals surface area (Å²) in [5, 5.41) is 8.48. The van der Waals surface area contributed by atoms with Gasteiger partial charge in [-0.05, 0) is 17.7 Å². The molecular formula is C11H7F6NO. The number of ether oxygens (including phenoxy) is 1. The SMILES string of the molecule is N#Cc1ccc(COC(C(F)(F)F)C(F)(F)F)cc1. The van der Waals surface area contributed by atoms with E-state index >= 15 is 0 Å². The average molecular weight is 283 g/mol. The van der Waals surface area contributed by atoms with Gasteiger partial charge in [-0.3, -0.25) is 0 Å². The summed E-state index contributed by atoms with van der Waals surface area (Å²) in [6.07, 6.45) is -14.9. The normalized spacial score (nSPS) is 12.5. The summed E-state index contributed by atoms with van der Waals surface area (Å²) in [7, 11) is 0. The first-order chi connectivity index (χ1) is 8.64. The summed E-state index contributed by atoms with van der Waals surface area (Å²) in [4.78, 5) is 0. The van der Waals surface area contributed by atoms with Crippen LogP contribution in [0.1, 0.15) is 11.1 Å². The van der Waals surface area contributed by atoms with Crippen LogP contribution >= 0.6 is 0 Å². The van der Waals surface area contributed by atoms with Gasteiger partial charge in [-0.15, -0.1) is 0 Å². The van der Waals surface area contributed by atoms with Crippen molar-refractivity contribution >= 4 is 0 Å². The first kappa shape index (κ1) is 15.3. The van der Waals surface area contributed by atoms with Crippen LogP contribution in [-0.2, 0) is 11.3 Å². The van der Waals surface area contributed by atoms with Gasteiger partial charge in [-0.2, -0.15) is 31.6 Å². The number of halogens is 6. The molecule has 0 aliphatic carbocycles. The lowest BCUT2D eigenvalue weighted by Gasteiger charge is -2.23. The quantitative estimate of drug-likeness (QED) is 0.794. The minimum atomic E-state index is -5.52. The molecule has 0 amide bonds. The van der Waals surface area contributed by atoms with Gasteiger partial charge < -0.3 is 4.74 Å². The van der Waals surface area contributed by atoms with E-state index in [0.29, 0.717) is 0 Å². The molecule has 104 valence electrons. The minimum absolute atomic E-state index is 0.109. The van der Waals surface area contributed by atoms with E-state index in [1.165, 1.54) is 24.3 Å². The Bertz CT molecular complexity index is 442. The second kappa shape index (κ2) is 5.48. The molecule has 1 aromatic rings. The second-order valence-corrected chi connectivity index (χ2v) is 3.58. The fourth-order valence-corrected chi connectivity index (χ4v) is 1.23. The van der Waals surface area contributed by atoms with Crippen molar-refractivity contribution in [3.05, 3.63) is 35.4 Å². The fourth-order valence-electron chi connectivity index (χ4n) is 1.23. The summed E-state index contributed by atoms with van der Waals surface area (Å²) < 4.78 is 76.8. The Balaban J connectivity index is 2.74. The maximum Gasteiger partial charge on any atom is 0.423 e. The van der Waals surface area contributed by atoms with E-state index < -0.39 is 25.1 Å². The Kier molecular flexibility index (Phi) is 4.42. The minimum Gasteiger partial charge on any atom is -0.356 e. The number of benzene rings is 1. The molecule has 0 aliphatic heterocycles. The molecule has 0 heterocycles. The van der Waals surface area contributed by atoms with Crippen LogP contribution in [0.15, 0.2) is 24.3 Å². The maximum absolute atomic E-state index is 12.1. The Morgan fingerprint density at radius 2 is 1.47 bits per heavy atom. The van der Waals surface area contributed by atoms with Gasteiger partial charge in [0.2, 0.25) is 6.10 Å². The third-order valence-corrected chi connectivity index (χ3v) is 2.09. The van der Waals surface area contributed by atoms with Crippen molar-refractivity contribution in [2.24, 2.45) is 0 Å². The van der Waals surface area contributed by atoms with E-state index in [4.69, 9.17) is 5.26 Å². The standard InChI is InChI=1S/C11H7F6NO/c12-10(13,14)9(11(15,16)17)19-6-8-3-1-7(5-18)2-4-8/h1-4,9H,6H2. The highest BCUT2D eigenvalue weighted by Gasteiger charge is 2.57. The molecule has 0 saturated heterocycles. The van der Waals surface area contributed by atoms with Gasteiger partial charge in [-0.1, -0.05) is 12.1 Å². The molecule has 19 heavy (non-hydrogen) atoms. The van der Waals surface area contributed by atoms with Crippen molar-refractivity contribution in [3.63, 3.8) is 0 Å². The molecule has 1 rings (SSSR count). The highest BCUT2D eigenvalue weighted by Crippen LogP contribution is 2.36. The van der Waals surface area contributed by atoms with E-state index in [1.807, 2.05) is 0 Å². The Morgan fingerprint density at radius 1 is 1.00 bits per heavy atom. The van der Waals surface area contributed by atoms with Gasteiger partial charge in [0.25, 0.3) is 0 Å². The second-order valence-electron chi connectivity index (χ2n) is 3.58. The zero-order valence-corrected chi connectivity index (χ0v) is 9.22. The van der Waals surface area contributed by atoms with Gasteiger partial charge in [0, 0.05) is 0 Å². The van der Waals surface area contributed by atoms with Gasteiger partial charge in [0.05, 0.1) is 18.2 Å². The van der Waals surface area contributed by atoms with E-state index in [2.05, 4.69) is 4.74 Å². The summed E-state index contributed by atoms with van der Waals surface area (Å²) in [5.74, 6) is 0. The summed E-state index contributed by atoms with van der Waals surface area (Å²) in [6.45, 7) is -0.852. The van der Waals surface area contributed by atoms with Gasteiger partial charge in [0.1, 0.15) is 0 Å². The lowest BCUT2D eigenvalue weighted by Crippen LogP contribution is -2.44. The number of hydrogen-bond donors (Lipinski definition) is 0. The Morgan fingerprint density at radius 3 is 1.84 bits per heavy atom. The Hall–Kier alpha value is -1.75. The molecule has 0 unspecified atom stereocenters. The molecule has 0 atom stereocenters. The number of alkyl halides is 6. The smallest absolute Gasteiger partial charge is 0.356 e. The van der Waals surface area contributed by atoms with Crippen molar-refractivity contribution in [2.75, 3.05) is 0 Å². The summed E-state index contributed by atoms with van der Waals surface area (Å²) in [6, 6.07) is 6.76. The number of nitriles is 1. The molecule has 1 aromatic carbocycles. The van der Waals surface area contributed by atoms with Gasteiger partial charge >= 0.3 is 12.4 Å². The highest BCUT2D eigenvalue weighted by molar-refractivity contribution is 5.31. The molecule has 0 spiro atoms. The van der Waals surface area contributed by atoms with Crippen LogP contribution in [0.5, 0.6) is 0 Å². The van der Waals surface area contributed by atoms with Crippen molar-refractivity contribution in [2.45, 2.75) is 25.1 Å². The zero-order valence-electron chi connectivity index (χ0n) is 9.22. The van der Waals surface area contributed by atoms with Crippen LogP contribution in [0.4, 0.5) is 26.3 Å². The van der Waals surface area contributed by atoms with Crippen LogP contribution in [0.2, 0.25) is 0 Å². The third-order valence-electron chi connectivity index (χ3n) is 2.09. The van der Waals surface area contributed by atoms with Crippen LogP contribution in [0, 0.1) is 11.3 Å². The molecule has 0 fully saturated rings. The van der Waals surface area contributed by atoms with Crippen molar-refractivity contribution < 1.29 is 31.1 Å². The van der Waals surface area contributed by atoms with Gasteiger partial charge in [0.15, 0.2) is 0 Å². The van der Waals surface area contributed by atoms with Gasteiger partial charge in [-0.25, -0.2) is 0 Å². The number of rotatable bonds is 3. The molecule has 0 aliphatic rings. The lowest BCUT2D eigenvalue weighted by atomic mass is 10.1. The van der Waals surface area contributed by atoms with Crippen LogP contribution in [0.25, 0.3) is 0 Å². The highest BCUT2D eigenvalue weighted by atomic mass is 19.4. The molecule has 0 radical (unpaired) electrons. The first-order valence-electron chi connectivity index (χ1n) is 4.88. The van der Waals surface area contributed by atoms with Crippen molar-refractivity contribution in [3.8, 4) is 6.07 Å². The first-order valence-corrected chi connectivity index (χ1v) is 4.88. The molecular weight excluding hydrogens is 276 g/mol. The van der Waals surface area contributed by atoms with E-state index in [1.54, 1.807) is 6.07 Å². The zero-order chi connectivity index (χ0) is 14.7. The molecule has 0 bridgehead atoms. The van der Waals surface area contributed by atoms with E-state index in [-0.39, 0.29) is 11.1 Å². The molecule has 8 heteroatoms. The fraction of sp³-hybridized carbons (Fsp3) is 0.364. The number of nitrogens with zero attached hydrogens (tertiary/aromatic N) is 1. The largest absolute Gasteiger partial charge is 0.423 e. The number of hydrogen-bond acceptors (Lipinski definition) is 2. The molecule has 0 N–H and O–H groups in total. The average Bonchev–Trinajstić information content (AvgIpc) is 2.26. The van der Waals surface area contributed by atoms with Crippen molar-refractivity contribution in [1.82, 2.24) is 0 Å². The van der Waals surface area contributed by atoms with Crippen molar-refractivity contribution in [1.29, 1.82) is 5.26 Å².